The summed E-state index contributed by atoms with van der Waals surface area (Å²) in [6, 6.07) is 3.05. The molecule has 7 heteroatoms. The molecule has 100 valence electrons. The molecule has 0 saturated heterocycles. The van der Waals surface area contributed by atoms with E-state index in [1.54, 1.807) is 0 Å². The van der Waals surface area contributed by atoms with Gasteiger partial charge in [0, 0.05) is 11.4 Å². The maximum absolute atomic E-state index is 12.5. The summed E-state index contributed by atoms with van der Waals surface area (Å²) in [7, 11) is 0. The Hall–Kier alpha value is -1.37. The normalized spacial score (nSPS) is 13.3. The number of carbonyl (C=O) groups is 1. The predicted octanol–water partition coefficient (Wildman–Crippen LogP) is 2.99. The number of hydrogen-bond acceptors (Lipinski definition) is 3. The molecule has 0 radical (unpaired) electrons. The van der Waals surface area contributed by atoms with Gasteiger partial charge in [-0.15, -0.1) is 11.8 Å². The highest BCUT2D eigenvalue weighted by Gasteiger charge is 2.30. The fourth-order valence-electron chi connectivity index (χ4n) is 1.19. The third kappa shape index (κ3) is 3.83. The summed E-state index contributed by atoms with van der Waals surface area (Å²) in [4.78, 5) is 10.6. The standard InChI is InChI=1S/C11H12F3NO2S/c1-6(10(16)17)18-5-7-4-8(11(12,13)14)2-3-9(7)15/h2-4,6H,5,15H2,1H3,(H,16,17). The van der Waals surface area contributed by atoms with Crippen molar-refractivity contribution in [2.24, 2.45) is 0 Å². The Bertz CT molecular complexity index is 448. The van der Waals surface area contributed by atoms with Crippen LogP contribution in [0.2, 0.25) is 0 Å². The van der Waals surface area contributed by atoms with Crippen LogP contribution >= 0.6 is 11.8 Å². The largest absolute Gasteiger partial charge is 0.480 e. The number of nitrogens with two attached hydrogens (primary N) is 1. The number of anilines is 1. The van der Waals surface area contributed by atoms with Crippen molar-refractivity contribution in [1.82, 2.24) is 0 Å². The number of halogens is 3. The summed E-state index contributed by atoms with van der Waals surface area (Å²) >= 11 is 1.02. The average molecular weight is 279 g/mol. The third-order valence-electron chi connectivity index (χ3n) is 2.31. The van der Waals surface area contributed by atoms with E-state index in [9.17, 15) is 18.0 Å². The van der Waals surface area contributed by atoms with E-state index in [0.29, 0.717) is 5.56 Å². The topological polar surface area (TPSA) is 63.3 Å². The second-order valence-electron chi connectivity index (χ2n) is 3.70. The van der Waals surface area contributed by atoms with Gasteiger partial charge in [0.05, 0.1) is 10.8 Å². The molecule has 0 aromatic heterocycles. The number of nitrogen functional groups attached to an aromatic ring is 1. The van der Waals surface area contributed by atoms with Gasteiger partial charge in [-0.1, -0.05) is 0 Å². The molecule has 1 aromatic rings. The highest BCUT2D eigenvalue weighted by molar-refractivity contribution is 7.99. The third-order valence-corrected chi connectivity index (χ3v) is 3.49. The minimum absolute atomic E-state index is 0.128. The lowest BCUT2D eigenvalue weighted by molar-refractivity contribution is -0.138. The Labute approximate surface area is 106 Å². The maximum atomic E-state index is 12.5. The first-order valence-corrected chi connectivity index (χ1v) is 6.06. The van der Waals surface area contributed by atoms with Crippen LogP contribution in [0.3, 0.4) is 0 Å². The van der Waals surface area contributed by atoms with Crippen LogP contribution in [-0.2, 0) is 16.7 Å². The van der Waals surface area contributed by atoms with Crippen LogP contribution in [0, 0.1) is 0 Å². The number of hydrogen-bond donors (Lipinski definition) is 2. The molecule has 0 heterocycles. The molecule has 1 rings (SSSR count). The Morgan fingerprint density at radius 1 is 1.50 bits per heavy atom. The van der Waals surface area contributed by atoms with E-state index in [4.69, 9.17) is 10.8 Å². The van der Waals surface area contributed by atoms with Crippen molar-refractivity contribution in [3.63, 3.8) is 0 Å². The van der Waals surface area contributed by atoms with Crippen LogP contribution in [0.4, 0.5) is 18.9 Å². The van der Waals surface area contributed by atoms with Crippen LogP contribution in [0.5, 0.6) is 0 Å². The molecule has 0 amide bonds. The Balaban J connectivity index is 2.85. The predicted molar refractivity (Wildman–Crippen MR) is 64.2 cm³/mol. The van der Waals surface area contributed by atoms with Gasteiger partial charge < -0.3 is 10.8 Å². The van der Waals surface area contributed by atoms with Crippen molar-refractivity contribution in [2.45, 2.75) is 24.1 Å². The second-order valence-corrected chi connectivity index (χ2v) is 5.03. The zero-order valence-electron chi connectivity index (χ0n) is 9.49. The van der Waals surface area contributed by atoms with Gasteiger partial charge in [-0.25, -0.2) is 0 Å². The van der Waals surface area contributed by atoms with E-state index in [-0.39, 0.29) is 11.4 Å². The van der Waals surface area contributed by atoms with Gasteiger partial charge in [0.15, 0.2) is 0 Å². The van der Waals surface area contributed by atoms with Gasteiger partial charge in [-0.05, 0) is 30.7 Å². The summed E-state index contributed by atoms with van der Waals surface area (Å²) in [6.07, 6.45) is -4.43. The number of aliphatic carboxylic acids is 1. The molecule has 0 spiro atoms. The Morgan fingerprint density at radius 3 is 2.61 bits per heavy atom. The van der Waals surface area contributed by atoms with E-state index < -0.39 is 23.0 Å². The van der Waals surface area contributed by atoms with Gasteiger partial charge in [0.25, 0.3) is 0 Å². The number of carboxylic acid groups (broad SMARTS) is 1. The highest BCUT2D eigenvalue weighted by atomic mass is 32.2. The molecule has 0 saturated carbocycles. The van der Waals surface area contributed by atoms with Crippen LogP contribution in [-0.4, -0.2) is 16.3 Å². The average Bonchev–Trinajstić information content (AvgIpc) is 2.25. The molecular weight excluding hydrogens is 267 g/mol. The van der Waals surface area contributed by atoms with E-state index in [1.807, 2.05) is 0 Å². The molecule has 0 aliphatic carbocycles. The highest BCUT2D eigenvalue weighted by Crippen LogP contribution is 2.32. The van der Waals surface area contributed by atoms with E-state index >= 15 is 0 Å². The molecule has 0 fully saturated rings. The molecule has 3 nitrogen and oxygen atoms in total. The van der Waals surface area contributed by atoms with Gasteiger partial charge >= 0.3 is 12.1 Å². The molecule has 3 N–H and O–H groups in total. The smallest absolute Gasteiger partial charge is 0.416 e. The summed E-state index contributed by atoms with van der Waals surface area (Å²) < 4.78 is 37.5. The van der Waals surface area contributed by atoms with E-state index in [2.05, 4.69) is 0 Å². The molecule has 18 heavy (non-hydrogen) atoms. The Morgan fingerprint density at radius 2 is 2.11 bits per heavy atom. The monoisotopic (exact) mass is 279 g/mol. The van der Waals surface area contributed by atoms with Crippen LogP contribution in [0.25, 0.3) is 0 Å². The Kier molecular flexibility index (Phi) is 4.50. The summed E-state index contributed by atoms with van der Waals surface area (Å²) in [5.41, 5.74) is 5.31. The zero-order chi connectivity index (χ0) is 13.9. The minimum atomic E-state index is -4.43. The zero-order valence-corrected chi connectivity index (χ0v) is 10.3. The van der Waals surface area contributed by atoms with Crippen LogP contribution in [0.15, 0.2) is 18.2 Å². The number of alkyl halides is 3. The molecule has 0 aliphatic rings. The molecule has 1 aromatic carbocycles. The number of rotatable bonds is 4. The fourth-order valence-corrected chi connectivity index (χ4v) is 2.02. The van der Waals surface area contributed by atoms with Gasteiger partial charge in [-0.3, -0.25) is 4.79 Å². The lowest BCUT2D eigenvalue weighted by atomic mass is 10.1. The molecular formula is C11H12F3NO2S. The summed E-state index contributed by atoms with van der Waals surface area (Å²) in [5, 5.41) is 7.99. The first kappa shape index (κ1) is 14.7. The first-order valence-electron chi connectivity index (χ1n) is 5.02. The van der Waals surface area contributed by atoms with Crippen molar-refractivity contribution in [3.05, 3.63) is 29.3 Å². The summed E-state index contributed by atoms with van der Waals surface area (Å²) in [6.45, 7) is 1.47. The van der Waals surface area contributed by atoms with Crippen molar-refractivity contribution in [2.75, 3.05) is 5.73 Å². The van der Waals surface area contributed by atoms with Crippen molar-refractivity contribution >= 4 is 23.4 Å². The summed E-state index contributed by atoms with van der Waals surface area (Å²) in [5.74, 6) is -0.881. The van der Waals surface area contributed by atoms with E-state index in [1.165, 1.54) is 13.0 Å². The number of carboxylic acids is 1. The second kappa shape index (κ2) is 5.51. The SMILES string of the molecule is CC(SCc1cc(C(F)(F)F)ccc1N)C(=O)O. The van der Waals surface area contributed by atoms with E-state index in [0.717, 1.165) is 23.9 Å². The van der Waals surface area contributed by atoms with Crippen molar-refractivity contribution in [1.29, 1.82) is 0 Å². The minimum Gasteiger partial charge on any atom is -0.480 e. The molecule has 0 bridgehead atoms. The molecule has 0 aliphatic heterocycles. The van der Waals surface area contributed by atoms with Crippen LogP contribution < -0.4 is 5.73 Å². The van der Waals surface area contributed by atoms with Crippen molar-refractivity contribution < 1.29 is 23.1 Å². The first-order chi connectivity index (χ1) is 8.21. The quantitative estimate of drug-likeness (QED) is 0.832. The van der Waals surface area contributed by atoms with Crippen molar-refractivity contribution in [3.8, 4) is 0 Å². The fraction of sp³-hybridized carbons (Fsp3) is 0.364. The lowest BCUT2D eigenvalue weighted by Crippen LogP contribution is -2.12. The molecule has 1 atom stereocenters. The van der Waals surface area contributed by atoms with Gasteiger partial charge in [0.1, 0.15) is 0 Å². The van der Waals surface area contributed by atoms with Crippen LogP contribution in [0.1, 0.15) is 18.1 Å². The number of benzene rings is 1. The maximum Gasteiger partial charge on any atom is 0.416 e. The van der Waals surface area contributed by atoms with Gasteiger partial charge in [-0.2, -0.15) is 13.2 Å². The number of thioether (sulfide) groups is 1. The van der Waals surface area contributed by atoms with Gasteiger partial charge in [0.2, 0.25) is 0 Å². The lowest BCUT2D eigenvalue weighted by Gasteiger charge is -2.12. The molecule has 1 unspecified atom stereocenters.